The van der Waals surface area contributed by atoms with Gasteiger partial charge in [-0.15, -0.1) is 0 Å². The summed E-state index contributed by atoms with van der Waals surface area (Å²) in [6.45, 7) is 4.14. The summed E-state index contributed by atoms with van der Waals surface area (Å²) in [7, 11) is 0. The molecule has 1 aromatic heterocycles. The molecule has 1 atom stereocenters. The molecule has 7 heteroatoms. The SMILES string of the molecule is CCCn1nc(-c2cccc([N+](=O)[O-])c2)cc(C(C)N)c1=O. The first-order chi connectivity index (χ1) is 10.4. The zero-order valence-electron chi connectivity index (χ0n) is 12.5. The maximum absolute atomic E-state index is 12.3. The van der Waals surface area contributed by atoms with E-state index < -0.39 is 11.0 Å². The normalized spacial score (nSPS) is 12.1. The molecule has 7 nitrogen and oxygen atoms in total. The van der Waals surface area contributed by atoms with E-state index in [1.807, 2.05) is 6.92 Å². The van der Waals surface area contributed by atoms with Crippen molar-refractivity contribution in [1.82, 2.24) is 9.78 Å². The second-order valence-electron chi connectivity index (χ2n) is 5.11. The van der Waals surface area contributed by atoms with Crippen molar-refractivity contribution in [3.05, 3.63) is 56.4 Å². The lowest BCUT2D eigenvalue weighted by Gasteiger charge is -2.12. The number of rotatable bonds is 5. The Morgan fingerprint density at radius 1 is 1.41 bits per heavy atom. The third kappa shape index (κ3) is 3.20. The summed E-state index contributed by atoms with van der Waals surface area (Å²) < 4.78 is 1.37. The quantitative estimate of drug-likeness (QED) is 0.673. The number of hydrogen-bond acceptors (Lipinski definition) is 5. The Bertz CT molecular complexity index is 753. The number of non-ortho nitro benzene ring substituents is 1. The Labute approximate surface area is 127 Å². The lowest BCUT2D eigenvalue weighted by molar-refractivity contribution is -0.384. The van der Waals surface area contributed by atoms with Crippen molar-refractivity contribution < 1.29 is 4.92 Å². The van der Waals surface area contributed by atoms with Crippen LogP contribution in [0.15, 0.2) is 35.1 Å². The van der Waals surface area contributed by atoms with E-state index in [9.17, 15) is 14.9 Å². The van der Waals surface area contributed by atoms with Gasteiger partial charge in [0, 0.05) is 35.8 Å². The van der Waals surface area contributed by atoms with Crippen LogP contribution in [0.25, 0.3) is 11.3 Å². The minimum Gasteiger partial charge on any atom is -0.324 e. The van der Waals surface area contributed by atoms with Crippen LogP contribution in [0.1, 0.15) is 31.9 Å². The van der Waals surface area contributed by atoms with E-state index in [1.165, 1.54) is 16.8 Å². The second-order valence-corrected chi connectivity index (χ2v) is 5.11. The van der Waals surface area contributed by atoms with Gasteiger partial charge in [-0.05, 0) is 19.4 Å². The van der Waals surface area contributed by atoms with E-state index in [4.69, 9.17) is 5.73 Å². The number of aryl methyl sites for hydroxylation is 1. The molecule has 2 rings (SSSR count). The summed E-state index contributed by atoms with van der Waals surface area (Å²) in [5.41, 5.74) is 7.16. The average molecular weight is 302 g/mol. The van der Waals surface area contributed by atoms with Gasteiger partial charge in [0.1, 0.15) is 0 Å². The minimum absolute atomic E-state index is 0.0186. The Kier molecular flexibility index (Phi) is 4.67. The fourth-order valence-corrected chi connectivity index (χ4v) is 2.17. The summed E-state index contributed by atoms with van der Waals surface area (Å²) in [5, 5.41) is 15.2. The molecule has 1 aromatic carbocycles. The smallest absolute Gasteiger partial charge is 0.271 e. The van der Waals surface area contributed by atoms with Crippen molar-refractivity contribution in [2.45, 2.75) is 32.9 Å². The summed E-state index contributed by atoms with van der Waals surface area (Å²) in [4.78, 5) is 22.7. The van der Waals surface area contributed by atoms with Crippen LogP contribution in [0.5, 0.6) is 0 Å². The fourth-order valence-electron chi connectivity index (χ4n) is 2.17. The number of nitrogens with zero attached hydrogens (tertiary/aromatic N) is 3. The Morgan fingerprint density at radius 3 is 2.73 bits per heavy atom. The molecule has 1 unspecified atom stereocenters. The number of nitrogens with two attached hydrogens (primary N) is 1. The molecule has 0 spiro atoms. The highest BCUT2D eigenvalue weighted by atomic mass is 16.6. The Morgan fingerprint density at radius 2 is 2.14 bits per heavy atom. The minimum atomic E-state index is -0.460. The third-order valence-electron chi connectivity index (χ3n) is 3.28. The monoisotopic (exact) mass is 302 g/mol. The number of nitro groups is 1. The zero-order chi connectivity index (χ0) is 16.3. The van der Waals surface area contributed by atoms with E-state index in [-0.39, 0.29) is 11.2 Å². The molecule has 2 aromatic rings. The van der Waals surface area contributed by atoms with E-state index in [2.05, 4.69) is 5.10 Å². The average Bonchev–Trinajstić information content (AvgIpc) is 2.49. The molecular formula is C15H18N4O3. The largest absolute Gasteiger partial charge is 0.324 e. The fraction of sp³-hybridized carbons (Fsp3) is 0.333. The van der Waals surface area contributed by atoms with Gasteiger partial charge in [0.05, 0.1) is 10.6 Å². The lowest BCUT2D eigenvalue weighted by atomic mass is 10.1. The number of hydrogen-bond donors (Lipinski definition) is 1. The highest BCUT2D eigenvalue weighted by Crippen LogP contribution is 2.23. The molecule has 2 N–H and O–H groups in total. The van der Waals surface area contributed by atoms with E-state index in [0.29, 0.717) is 23.4 Å². The van der Waals surface area contributed by atoms with Gasteiger partial charge in [-0.1, -0.05) is 19.1 Å². The Hall–Kier alpha value is -2.54. The molecule has 22 heavy (non-hydrogen) atoms. The summed E-state index contributed by atoms with van der Waals surface area (Å²) in [6.07, 6.45) is 0.754. The van der Waals surface area contributed by atoms with Gasteiger partial charge in [0.15, 0.2) is 0 Å². The molecule has 0 amide bonds. The van der Waals surface area contributed by atoms with Crippen molar-refractivity contribution in [2.24, 2.45) is 5.73 Å². The van der Waals surface area contributed by atoms with Gasteiger partial charge >= 0.3 is 0 Å². The van der Waals surface area contributed by atoms with Crippen molar-refractivity contribution in [3.63, 3.8) is 0 Å². The molecule has 0 aliphatic heterocycles. The van der Waals surface area contributed by atoms with Gasteiger partial charge < -0.3 is 5.73 Å². The highest BCUT2D eigenvalue weighted by molar-refractivity contribution is 5.62. The lowest BCUT2D eigenvalue weighted by Crippen LogP contribution is -2.29. The van der Waals surface area contributed by atoms with E-state index in [1.54, 1.807) is 25.1 Å². The van der Waals surface area contributed by atoms with Crippen molar-refractivity contribution in [2.75, 3.05) is 0 Å². The molecule has 0 aliphatic rings. The van der Waals surface area contributed by atoms with Crippen LogP contribution in [0.4, 0.5) is 5.69 Å². The predicted octanol–water partition coefficient (Wildman–Crippen LogP) is 2.25. The van der Waals surface area contributed by atoms with Crippen molar-refractivity contribution in [1.29, 1.82) is 0 Å². The van der Waals surface area contributed by atoms with Gasteiger partial charge in [-0.3, -0.25) is 14.9 Å². The van der Waals surface area contributed by atoms with Crippen molar-refractivity contribution >= 4 is 5.69 Å². The van der Waals surface area contributed by atoms with Crippen LogP contribution in [0, 0.1) is 10.1 Å². The first-order valence-electron chi connectivity index (χ1n) is 7.06. The molecule has 1 heterocycles. The van der Waals surface area contributed by atoms with E-state index in [0.717, 1.165) is 6.42 Å². The summed E-state index contributed by atoms with van der Waals surface area (Å²) >= 11 is 0. The first kappa shape index (κ1) is 15.8. The van der Waals surface area contributed by atoms with Crippen LogP contribution < -0.4 is 11.3 Å². The standard InChI is InChI=1S/C15H18N4O3/c1-3-7-18-15(20)13(10(2)16)9-14(17-18)11-5-4-6-12(8-11)19(21)22/h4-6,8-10H,3,7,16H2,1-2H3. The molecule has 0 aliphatic carbocycles. The van der Waals surface area contributed by atoms with Crippen LogP contribution in [-0.2, 0) is 6.54 Å². The maximum Gasteiger partial charge on any atom is 0.271 e. The van der Waals surface area contributed by atoms with Gasteiger partial charge in [0.2, 0.25) is 0 Å². The van der Waals surface area contributed by atoms with Crippen LogP contribution >= 0.6 is 0 Å². The number of nitro benzene ring substituents is 1. The second kappa shape index (κ2) is 6.48. The van der Waals surface area contributed by atoms with Gasteiger partial charge in [0.25, 0.3) is 11.2 Å². The van der Waals surface area contributed by atoms with Crippen molar-refractivity contribution in [3.8, 4) is 11.3 Å². The molecular weight excluding hydrogens is 284 g/mol. The summed E-state index contributed by atoms with van der Waals surface area (Å²) in [5.74, 6) is 0. The number of aromatic nitrogens is 2. The molecule has 0 saturated heterocycles. The van der Waals surface area contributed by atoms with Crippen LogP contribution in [-0.4, -0.2) is 14.7 Å². The summed E-state index contributed by atoms with van der Waals surface area (Å²) in [6, 6.07) is 7.34. The number of benzene rings is 1. The molecule has 0 bridgehead atoms. The molecule has 0 radical (unpaired) electrons. The van der Waals surface area contributed by atoms with Crippen LogP contribution in [0.3, 0.4) is 0 Å². The zero-order valence-corrected chi connectivity index (χ0v) is 12.5. The van der Waals surface area contributed by atoms with Gasteiger partial charge in [-0.2, -0.15) is 5.10 Å². The Balaban J connectivity index is 2.62. The predicted molar refractivity (Wildman–Crippen MR) is 83.5 cm³/mol. The first-order valence-corrected chi connectivity index (χ1v) is 7.06. The molecule has 116 valence electrons. The highest BCUT2D eigenvalue weighted by Gasteiger charge is 2.14. The molecule has 0 saturated carbocycles. The molecule has 0 fully saturated rings. The van der Waals surface area contributed by atoms with E-state index >= 15 is 0 Å². The van der Waals surface area contributed by atoms with Gasteiger partial charge in [-0.25, -0.2) is 4.68 Å². The van der Waals surface area contributed by atoms with Crippen LogP contribution in [0.2, 0.25) is 0 Å². The topological polar surface area (TPSA) is 104 Å². The maximum atomic E-state index is 12.3. The third-order valence-corrected chi connectivity index (χ3v) is 3.28.